The Morgan fingerprint density at radius 3 is 2.57 bits per heavy atom. The number of carbonyl (C=O) groups excluding carboxylic acids is 1. The highest BCUT2D eigenvalue weighted by Gasteiger charge is 2.25. The van der Waals surface area contributed by atoms with Crippen molar-refractivity contribution >= 4 is 11.9 Å². The molecule has 1 unspecified atom stereocenters. The van der Waals surface area contributed by atoms with Gasteiger partial charge in [-0.2, -0.15) is 0 Å². The number of guanidine groups is 1. The van der Waals surface area contributed by atoms with Crippen molar-refractivity contribution in [1.82, 2.24) is 15.1 Å². The van der Waals surface area contributed by atoms with Crippen LogP contribution in [0.2, 0.25) is 0 Å². The predicted octanol–water partition coefficient (Wildman–Crippen LogP) is 3.64. The maximum atomic E-state index is 12.5. The molecular formula is C23H36N4O. The average molecular weight is 385 g/mol. The summed E-state index contributed by atoms with van der Waals surface area (Å²) in [5, 5.41) is 3.43. The Bertz CT molecular complexity index is 660. The lowest BCUT2D eigenvalue weighted by Crippen LogP contribution is -2.40. The monoisotopic (exact) mass is 384 g/mol. The van der Waals surface area contributed by atoms with Crippen molar-refractivity contribution in [2.75, 3.05) is 26.2 Å². The molecule has 1 atom stereocenters. The fraction of sp³-hybridized carbons (Fsp3) is 0.652. The van der Waals surface area contributed by atoms with Gasteiger partial charge in [-0.15, -0.1) is 0 Å². The molecule has 0 radical (unpaired) electrons. The highest BCUT2D eigenvalue weighted by Crippen LogP contribution is 2.24. The van der Waals surface area contributed by atoms with Crippen molar-refractivity contribution in [3.8, 4) is 0 Å². The molecule has 3 rings (SSSR count). The van der Waals surface area contributed by atoms with Crippen LogP contribution in [-0.2, 0) is 17.9 Å². The van der Waals surface area contributed by atoms with Crippen molar-refractivity contribution in [3.05, 3.63) is 35.4 Å². The molecule has 2 aliphatic rings. The summed E-state index contributed by atoms with van der Waals surface area (Å²) in [6.07, 6.45) is 3.94. The van der Waals surface area contributed by atoms with E-state index < -0.39 is 0 Å². The predicted molar refractivity (Wildman–Crippen MR) is 115 cm³/mol. The van der Waals surface area contributed by atoms with E-state index in [4.69, 9.17) is 4.99 Å². The van der Waals surface area contributed by atoms with Gasteiger partial charge in [0.1, 0.15) is 0 Å². The number of aliphatic imine (C=N–C) groups is 1. The van der Waals surface area contributed by atoms with Gasteiger partial charge in [-0.1, -0.05) is 38.1 Å². The van der Waals surface area contributed by atoms with Gasteiger partial charge in [0.15, 0.2) is 5.96 Å². The number of benzene rings is 1. The standard InChI is InChI=1S/C23H36N4O/c1-4-24-23(26-13-11-19(15-26)14-18(2)3)25-12-7-10-22(28)27-16-20-8-5-6-9-21(20)17-27/h5-6,8-9,18-19H,4,7,10-17H2,1-3H3,(H,24,25). The summed E-state index contributed by atoms with van der Waals surface area (Å²) in [6, 6.07) is 8.35. The number of carbonyl (C=O) groups is 1. The number of amides is 1. The van der Waals surface area contributed by atoms with Gasteiger partial charge in [-0.3, -0.25) is 9.79 Å². The topological polar surface area (TPSA) is 47.9 Å². The van der Waals surface area contributed by atoms with Crippen molar-refractivity contribution in [1.29, 1.82) is 0 Å². The third-order valence-corrected chi connectivity index (χ3v) is 5.73. The number of hydrogen-bond acceptors (Lipinski definition) is 2. The molecular weight excluding hydrogens is 348 g/mol. The Balaban J connectivity index is 1.44. The molecule has 2 heterocycles. The van der Waals surface area contributed by atoms with E-state index in [2.05, 4.69) is 43.1 Å². The second kappa shape index (κ2) is 9.94. The van der Waals surface area contributed by atoms with Crippen molar-refractivity contribution in [2.24, 2.45) is 16.8 Å². The van der Waals surface area contributed by atoms with Crippen LogP contribution >= 0.6 is 0 Å². The Morgan fingerprint density at radius 1 is 1.21 bits per heavy atom. The first-order valence-corrected chi connectivity index (χ1v) is 10.9. The third kappa shape index (κ3) is 5.49. The lowest BCUT2D eigenvalue weighted by molar-refractivity contribution is -0.131. The normalized spacial score (nSPS) is 19.4. The van der Waals surface area contributed by atoms with Crippen LogP contribution in [-0.4, -0.2) is 47.8 Å². The van der Waals surface area contributed by atoms with Crippen LogP contribution in [0.15, 0.2) is 29.3 Å². The molecule has 0 saturated carbocycles. The summed E-state index contributed by atoms with van der Waals surface area (Å²) < 4.78 is 0. The Labute approximate surface area is 170 Å². The minimum Gasteiger partial charge on any atom is -0.357 e. The number of fused-ring (bicyclic) bond motifs is 1. The smallest absolute Gasteiger partial charge is 0.223 e. The number of nitrogens with one attached hydrogen (secondary N) is 1. The molecule has 1 aromatic rings. The zero-order valence-corrected chi connectivity index (χ0v) is 17.8. The molecule has 5 heteroatoms. The zero-order chi connectivity index (χ0) is 19.9. The largest absolute Gasteiger partial charge is 0.357 e. The first kappa shape index (κ1) is 20.7. The summed E-state index contributed by atoms with van der Waals surface area (Å²) in [5.74, 6) is 2.80. The van der Waals surface area contributed by atoms with E-state index in [0.29, 0.717) is 13.0 Å². The van der Waals surface area contributed by atoms with E-state index in [1.54, 1.807) is 0 Å². The van der Waals surface area contributed by atoms with Gasteiger partial charge in [-0.05, 0) is 49.1 Å². The maximum absolute atomic E-state index is 12.5. The molecule has 0 aliphatic carbocycles. The summed E-state index contributed by atoms with van der Waals surface area (Å²) in [6.45, 7) is 12.0. The van der Waals surface area contributed by atoms with Gasteiger partial charge >= 0.3 is 0 Å². The van der Waals surface area contributed by atoms with Gasteiger partial charge in [0.25, 0.3) is 0 Å². The molecule has 2 aliphatic heterocycles. The van der Waals surface area contributed by atoms with Gasteiger partial charge in [0, 0.05) is 45.7 Å². The van der Waals surface area contributed by atoms with Crippen molar-refractivity contribution in [3.63, 3.8) is 0 Å². The third-order valence-electron chi connectivity index (χ3n) is 5.73. The molecule has 0 spiro atoms. The van der Waals surface area contributed by atoms with Crippen LogP contribution in [0.25, 0.3) is 0 Å². The summed E-state index contributed by atoms with van der Waals surface area (Å²) in [5.41, 5.74) is 2.57. The van der Waals surface area contributed by atoms with Crippen LogP contribution in [0.3, 0.4) is 0 Å². The fourth-order valence-electron chi connectivity index (χ4n) is 4.39. The number of hydrogen-bond donors (Lipinski definition) is 1. The van der Waals surface area contributed by atoms with Gasteiger partial charge < -0.3 is 15.1 Å². The van der Waals surface area contributed by atoms with E-state index in [-0.39, 0.29) is 5.91 Å². The lowest BCUT2D eigenvalue weighted by Gasteiger charge is -2.22. The summed E-state index contributed by atoms with van der Waals surface area (Å²) >= 11 is 0. The summed E-state index contributed by atoms with van der Waals surface area (Å²) in [7, 11) is 0. The molecule has 1 aromatic carbocycles. The average Bonchev–Trinajstić information content (AvgIpc) is 3.30. The SMILES string of the molecule is CCNC(=NCCCC(=O)N1Cc2ccccc2C1)N1CCC(CC(C)C)C1. The van der Waals surface area contributed by atoms with E-state index in [0.717, 1.165) is 56.9 Å². The van der Waals surface area contributed by atoms with Gasteiger partial charge in [0.05, 0.1) is 0 Å². The van der Waals surface area contributed by atoms with Gasteiger partial charge in [0.2, 0.25) is 5.91 Å². The first-order valence-electron chi connectivity index (χ1n) is 10.9. The van der Waals surface area contributed by atoms with Crippen LogP contribution in [0.5, 0.6) is 0 Å². The number of rotatable bonds is 7. The molecule has 154 valence electrons. The van der Waals surface area contributed by atoms with Crippen LogP contribution in [0, 0.1) is 11.8 Å². The molecule has 0 aromatic heterocycles. The molecule has 0 bridgehead atoms. The highest BCUT2D eigenvalue weighted by atomic mass is 16.2. The van der Waals surface area contributed by atoms with Crippen LogP contribution in [0.4, 0.5) is 0 Å². The Hall–Kier alpha value is -2.04. The first-order chi connectivity index (χ1) is 13.6. The lowest BCUT2D eigenvalue weighted by atomic mass is 9.97. The summed E-state index contributed by atoms with van der Waals surface area (Å²) in [4.78, 5) is 21.7. The minimum absolute atomic E-state index is 0.245. The zero-order valence-electron chi connectivity index (χ0n) is 17.8. The Kier molecular flexibility index (Phi) is 7.35. The van der Waals surface area contributed by atoms with E-state index in [9.17, 15) is 4.79 Å². The second-order valence-electron chi connectivity index (χ2n) is 8.59. The quantitative estimate of drug-likeness (QED) is 0.443. The second-order valence-corrected chi connectivity index (χ2v) is 8.59. The highest BCUT2D eigenvalue weighted by molar-refractivity contribution is 5.80. The maximum Gasteiger partial charge on any atom is 0.223 e. The molecule has 1 amide bonds. The molecule has 1 fully saturated rings. The number of nitrogens with zero attached hydrogens (tertiary/aromatic N) is 3. The van der Waals surface area contributed by atoms with E-state index in [1.165, 1.54) is 24.0 Å². The Morgan fingerprint density at radius 2 is 1.93 bits per heavy atom. The molecule has 1 N–H and O–H groups in total. The molecule has 5 nitrogen and oxygen atoms in total. The van der Waals surface area contributed by atoms with E-state index >= 15 is 0 Å². The fourth-order valence-corrected chi connectivity index (χ4v) is 4.39. The van der Waals surface area contributed by atoms with Crippen molar-refractivity contribution in [2.45, 2.75) is 59.5 Å². The minimum atomic E-state index is 0.245. The molecule has 1 saturated heterocycles. The van der Waals surface area contributed by atoms with Gasteiger partial charge in [-0.25, -0.2) is 0 Å². The number of likely N-dealkylation sites (tertiary alicyclic amines) is 1. The van der Waals surface area contributed by atoms with Crippen molar-refractivity contribution < 1.29 is 4.79 Å². The van der Waals surface area contributed by atoms with Crippen LogP contribution in [0.1, 0.15) is 57.6 Å². The molecule has 28 heavy (non-hydrogen) atoms. The van der Waals surface area contributed by atoms with E-state index in [1.807, 2.05) is 17.0 Å². The van der Waals surface area contributed by atoms with Crippen LogP contribution < -0.4 is 5.32 Å².